The highest BCUT2D eigenvalue weighted by Gasteiger charge is 2.57. The number of ether oxygens (including phenoxy) is 2. The van der Waals surface area contributed by atoms with Gasteiger partial charge in [0.2, 0.25) is 0 Å². The predicted molar refractivity (Wildman–Crippen MR) is 83.7 cm³/mol. The van der Waals surface area contributed by atoms with Crippen LogP contribution in [0.4, 0.5) is 0 Å². The fraction of sp³-hybridized carbons (Fsp3) is 0.500. The molecule has 1 fully saturated rings. The van der Waals surface area contributed by atoms with Gasteiger partial charge in [0, 0.05) is 17.4 Å². The number of esters is 2. The summed E-state index contributed by atoms with van der Waals surface area (Å²) in [6.45, 7) is 5.34. The van der Waals surface area contributed by atoms with E-state index < -0.39 is 35.3 Å². The zero-order valence-electron chi connectivity index (χ0n) is 13.9. The van der Waals surface area contributed by atoms with E-state index in [9.17, 15) is 14.4 Å². The summed E-state index contributed by atoms with van der Waals surface area (Å²) < 4.78 is 10.1. The van der Waals surface area contributed by atoms with Crippen LogP contribution in [0.1, 0.15) is 37.6 Å². The zero-order valence-corrected chi connectivity index (χ0v) is 13.9. The number of benzene rings is 1. The van der Waals surface area contributed by atoms with E-state index in [-0.39, 0.29) is 5.78 Å². The van der Waals surface area contributed by atoms with Gasteiger partial charge in [0.05, 0.1) is 7.11 Å². The van der Waals surface area contributed by atoms with E-state index in [0.717, 1.165) is 0 Å². The number of Topliss-reactive ketones (excluding diaryl/α,β-unsaturated/α-hetero) is 1. The highest BCUT2D eigenvalue weighted by Crippen LogP contribution is 2.44. The first-order chi connectivity index (χ1) is 10.8. The van der Waals surface area contributed by atoms with E-state index in [1.54, 1.807) is 38.1 Å². The normalized spacial score (nSPS) is 23.9. The van der Waals surface area contributed by atoms with Gasteiger partial charge in [-0.2, -0.15) is 0 Å². The van der Waals surface area contributed by atoms with Crippen LogP contribution in [-0.4, -0.2) is 30.4 Å². The first-order valence-electron chi connectivity index (χ1n) is 7.73. The molecule has 0 amide bonds. The molecule has 3 unspecified atom stereocenters. The molecule has 0 saturated carbocycles. The minimum absolute atomic E-state index is 0.0848. The van der Waals surface area contributed by atoms with Gasteiger partial charge in [0.25, 0.3) is 0 Å². The van der Waals surface area contributed by atoms with Crippen LogP contribution in [0.5, 0.6) is 0 Å². The number of ketones is 1. The molecule has 1 aromatic rings. The third-order valence-corrected chi connectivity index (χ3v) is 4.50. The van der Waals surface area contributed by atoms with Crippen LogP contribution in [0, 0.1) is 17.8 Å². The Morgan fingerprint density at radius 1 is 1.26 bits per heavy atom. The van der Waals surface area contributed by atoms with Crippen molar-refractivity contribution in [1.29, 1.82) is 0 Å². The molecule has 5 heteroatoms. The third-order valence-electron chi connectivity index (χ3n) is 4.50. The predicted octanol–water partition coefficient (Wildman–Crippen LogP) is 2.64. The zero-order chi connectivity index (χ0) is 17.2. The Morgan fingerprint density at radius 3 is 2.39 bits per heavy atom. The van der Waals surface area contributed by atoms with E-state index in [2.05, 4.69) is 0 Å². The Bertz CT molecular complexity index is 605. The lowest BCUT2D eigenvalue weighted by atomic mass is 9.70. The molecule has 5 nitrogen and oxygen atoms in total. The van der Waals surface area contributed by atoms with Crippen LogP contribution in [0.25, 0.3) is 0 Å². The Labute approximate surface area is 136 Å². The highest BCUT2D eigenvalue weighted by molar-refractivity contribution is 6.01. The summed E-state index contributed by atoms with van der Waals surface area (Å²) in [5.41, 5.74) is -0.334. The Morgan fingerprint density at radius 2 is 1.87 bits per heavy atom. The third kappa shape index (κ3) is 3.14. The number of hydrogen-bond donors (Lipinski definition) is 0. The van der Waals surface area contributed by atoms with Crippen molar-refractivity contribution in [2.24, 2.45) is 17.8 Å². The van der Waals surface area contributed by atoms with Gasteiger partial charge in [-0.15, -0.1) is 0 Å². The summed E-state index contributed by atoms with van der Waals surface area (Å²) in [5, 5.41) is 0. The smallest absolute Gasteiger partial charge is 0.321 e. The molecule has 1 aliphatic rings. The molecule has 1 aromatic carbocycles. The van der Waals surface area contributed by atoms with Crippen LogP contribution in [0.15, 0.2) is 30.3 Å². The Balaban J connectivity index is 2.42. The molecule has 0 aliphatic carbocycles. The summed E-state index contributed by atoms with van der Waals surface area (Å²) in [5.74, 6) is -3.47. The molecule has 0 N–H and O–H groups in total. The van der Waals surface area contributed by atoms with E-state index in [1.807, 2.05) is 13.0 Å². The molecular formula is C18H22O5. The van der Waals surface area contributed by atoms with Crippen molar-refractivity contribution in [3.05, 3.63) is 35.9 Å². The monoisotopic (exact) mass is 318 g/mol. The van der Waals surface area contributed by atoms with Crippen molar-refractivity contribution in [1.82, 2.24) is 0 Å². The fourth-order valence-corrected chi connectivity index (χ4v) is 3.44. The number of carbonyl (C=O) groups is 3. The quantitative estimate of drug-likeness (QED) is 0.474. The van der Waals surface area contributed by atoms with Gasteiger partial charge >= 0.3 is 11.9 Å². The largest absolute Gasteiger partial charge is 0.468 e. The number of hydrogen-bond acceptors (Lipinski definition) is 5. The first-order valence-corrected chi connectivity index (χ1v) is 7.73. The van der Waals surface area contributed by atoms with Gasteiger partial charge in [0.15, 0.2) is 11.7 Å². The summed E-state index contributed by atoms with van der Waals surface area (Å²) in [7, 11) is 1.23. The minimum Gasteiger partial charge on any atom is -0.468 e. The SMILES string of the molecule is CCC(C(=O)c1ccccc1)C1C(C(=O)OC)C(=O)OC1(C)C. The molecule has 124 valence electrons. The van der Waals surface area contributed by atoms with E-state index in [1.165, 1.54) is 7.11 Å². The molecule has 0 aromatic heterocycles. The maximum Gasteiger partial charge on any atom is 0.321 e. The van der Waals surface area contributed by atoms with Crippen LogP contribution in [0.3, 0.4) is 0 Å². The van der Waals surface area contributed by atoms with Crippen molar-refractivity contribution >= 4 is 17.7 Å². The summed E-state index contributed by atoms with van der Waals surface area (Å²) in [6.07, 6.45) is 0.506. The van der Waals surface area contributed by atoms with E-state index in [0.29, 0.717) is 12.0 Å². The molecule has 0 radical (unpaired) electrons. The molecule has 3 atom stereocenters. The molecule has 1 aliphatic heterocycles. The van der Waals surface area contributed by atoms with Crippen molar-refractivity contribution in [3.8, 4) is 0 Å². The van der Waals surface area contributed by atoms with Crippen molar-refractivity contribution in [2.75, 3.05) is 7.11 Å². The molecule has 2 rings (SSSR count). The van der Waals surface area contributed by atoms with Gasteiger partial charge in [-0.3, -0.25) is 14.4 Å². The second-order valence-electron chi connectivity index (χ2n) is 6.30. The van der Waals surface area contributed by atoms with Gasteiger partial charge in [0.1, 0.15) is 5.60 Å². The summed E-state index contributed by atoms with van der Waals surface area (Å²) in [6, 6.07) is 8.89. The van der Waals surface area contributed by atoms with E-state index in [4.69, 9.17) is 9.47 Å². The lowest BCUT2D eigenvalue weighted by Crippen LogP contribution is -2.42. The van der Waals surface area contributed by atoms with Gasteiger partial charge in [-0.05, 0) is 20.3 Å². The van der Waals surface area contributed by atoms with Crippen molar-refractivity contribution < 1.29 is 23.9 Å². The van der Waals surface area contributed by atoms with Crippen molar-refractivity contribution in [3.63, 3.8) is 0 Å². The lowest BCUT2D eigenvalue weighted by Gasteiger charge is -2.32. The van der Waals surface area contributed by atoms with E-state index >= 15 is 0 Å². The number of methoxy groups -OCH3 is 1. The molecular weight excluding hydrogens is 296 g/mol. The van der Waals surface area contributed by atoms with Gasteiger partial charge in [-0.1, -0.05) is 37.3 Å². The Hall–Kier alpha value is -2.17. The van der Waals surface area contributed by atoms with Crippen LogP contribution in [0.2, 0.25) is 0 Å². The Kier molecular flexibility index (Phi) is 4.88. The summed E-state index contributed by atoms with van der Waals surface area (Å²) >= 11 is 0. The topological polar surface area (TPSA) is 69.7 Å². The maximum absolute atomic E-state index is 12.9. The highest BCUT2D eigenvalue weighted by atomic mass is 16.6. The lowest BCUT2D eigenvalue weighted by molar-refractivity contribution is -0.156. The number of carbonyl (C=O) groups excluding carboxylic acids is 3. The molecule has 0 bridgehead atoms. The van der Waals surface area contributed by atoms with Gasteiger partial charge in [-0.25, -0.2) is 0 Å². The van der Waals surface area contributed by atoms with Gasteiger partial charge < -0.3 is 9.47 Å². The van der Waals surface area contributed by atoms with Crippen LogP contribution >= 0.6 is 0 Å². The second kappa shape index (κ2) is 6.52. The average Bonchev–Trinajstić information content (AvgIpc) is 2.77. The molecule has 1 heterocycles. The van der Waals surface area contributed by atoms with Crippen LogP contribution in [-0.2, 0) is 19.1 Å². The second-order valence-corrected chi connectivity index (χ2v) is 6.30. The molecule has 1 saturated heterocycles. The standard InChI is InChI=1S/C18H22O5/c1-5-12(15(19)11-9-7-6-8-10-11)14-13(16(20)22-4)17(21)23-18(14,2)3/h6-10,12-14H,5H2,1-4H3. The molecule has 23 heavy (non-hydrogen) atoms. The molecule has 0 spiro atoms. The first kappa shape index (κ1) is 17.2. The van der Waals surface area contributed by atoms with Crippen LogP contribution < -0.4 is 0 Å². The summed E-state index contributed by atoms with van der Waals surface area (Å²) in [4.78, 5) is 37.1. The van der Waals surface area contributed by atoms with Crippen molar-refractivity contribution in [2.45, 2.75) is 32.8 Å². The average molecular weight is 318 g/mol. The number of cyclic esters (lactones) is 1. The maximum atomic E-state index is 12.9. The number of rotatable bonds is 5. The minimum atomic E-state index is -1.06. The fourth-order valence-electron chi connectivity index (χ4n) is 3.44.